The number of para-hydroxylation sites is 1. The zero-order valence-corrected chi connectivity index (χ0v) is 23.1. The molecule has 3 N–H and O–H groups in total. The van der Waals surface area contributed by atoms with E-state index in [4.69, 9.17) is 9.83 Å². The van der Waals surface area contributed by atoms with Crippen LogP contribution in [0.2, 0.25) is 0 Å². The number of carboxylic acid groups (broad SMARTS) is 1. The first-order chi connectivity index (χ1) is 18.1. The lowest BCUT2D eigenvalue weighted by atomic mass is 9.58. The standard InChI is InChI=1S/C28H30BrN5O4/c1-27(2,3)25-28(15-34(25)26(36)37)13-33(14-28)10-11-38-32-22-17-6-4-5-7-19(17)30-23(22)21-18-12-16(29)8-9-20(18)31-24(21)35/h4-9,12,25,31,35H,10-11,13-15H2,1-3H3,(H,36,37)/b32-22+. The third-order valence-corrected chi connectivity index (χ3v) is 8.26. The number of aromatic amines is 1. The molecule has 2 saturated heterocycles. The predicted octanol–water partition coefficient (Wildman–Crippen LogP) is 5.20. The van der Waals surface area contributed by atoms with E-state index in [2.05, 4.69) is 51.7 Å². The lowest BCUT2D eigenvalue weighted by molar-refractivity contribution is -0.185. The van der Waals surface area contributed by atoms with Crippen LogP contribution < -0.4 is 0 Å². The molecule has 2 fully saturated rings. The fourth-order valence-electron chi connectivity index (χ4n) is 6.58. The molecule has 1 unspecified atom stereocenters. The van der Waals surface area contributed by atoms with Crippen molar-refractivity contribution >= 4 is 50.0 Å². The molecule has 1 spiro atoms. The summed E-state index contributed by atoms with van der Waals surface area (Å²) in [5.41, 5.74) is 4.08. The summed E-state index contributed by atoms with van der Waals surface area (Å²) in [5, 5.41) is 25.7. The Morgan fingerprint density at radius 1 is 1.24 bits per heavy atom. The van der Waals surface area contributed by atoms with Gasteiger partial charge in [0.1, 0.15) is 18.0 Å². The van der Waals surface area contributed by atoms with Crippen LogP contribution in [0, 0.1) is 10.8 Å². The molecular formula is C28H30BrN5O4. The Morgan fingerprint density at radius 2 is 2.00 bits per heavy atom. The summed E-state index contributed by atoms with van der Waals surface area (Å²) in [4.78, 5) is 29.2. The van der Waals surface area contributed by atoms with Gasteiger partial charge < -0.3 is 24.9 Å². The van der Waals surface area contributed by atoms with E-state index in [1.165, 1.54) is 0 Å². The molecule has 1 aromatic heterocycles. The lowest BCUT2D eigenvalue weighted by Gasteiger charge is -2.68. The third kappa shape index (κ3) is 3.97. The molecule has 3 aromatic rings. The van der Waals surface area contributed by atoms with Crippen molar-refractivity contribution in [2.24, 2.45) is 21.0 Å². The van der Waals surface area contributed by atoms with Crippen molar-refractivity contribution in [1.29, 1.82) is 0 Å². The number of aromatic nitrogens is 1. The Balaban J connectivity index is 1.17. The number of oxime groups is 1. The minimum atomic E-state index is -0.837. The molecule has 3 aliphatic rings. The SMILES string of the molecule is CC(C)(C)C1N(C(=O)O)CC12CN(CCO/N=C1/C(c3c(O)[nH]c4ccc(Br)cc34)=Nc3ccccc31)C2. The Bertz CT molecular complexity index is 1500. The normalized spacial score (nSPS) is 21.4. The van der Waals surface area contributed by atoms with E-state index >= 15 is 0 Å². The summed E-state index contributed by atoms with van der Waals surface area (Å²) in [6.45, 7) is 9.71. The summed E-state index contributed by atoms with van der Waals surface area (Å²) in [7, 11) is 0. The number of nitrogens with zero attached hydrogens (tertiary/aromatic N) is 4. The highest BCUT2D eigenvalue weighted by molar-refractivity contribution is 9.10. The summed E-state index contributed by atoms with van der Waals surface area (Å²) < 4.78 is 0.898. The molecule has 0 bridgehead atoms. The van der Waals surface area contributed by atoms with E-state index in [1.807, 2.05) is 42.5 Å². The second kappa shape index (κ2) is 8.84. The van der Waals surface area contributed by atoms with Gasteiger partial charge in [-0.2, -0.15) is 0 Å². The van der Waals surface area contributed by atoms with E-state index < -0.39 is 6.09 Å². The Kier molecular flexibility index (Phi) is 5.80. The van der Waals surface area contributed by atoms with Crippen LogP contribution in [0.1, 0.15) is 31.9 Å². The molecule has 6 rings (SSSR count). The average Bonchev–Trinajstić information content (AvgIpc) is 3.31. The number of hydrogen-bond acceptors (Lipinski definition) is 6. The van der Waals surface area contributed by atoms with E-state index in [0.717, 1.165) is 39.7 Å². The molecule has 10 heteroatoms. The maximum Gasteiger partial charge on any atom is 0.407 e. The molecule has 2 aromatic carbocycles. The molecule has 1 amide bonds. The number of amides is 1. The zero-order valence-electron chi connectivity index (χ0n) is 21.5. The lowest BCUT2D eigenvalue weighted by Crippen LogP contribution is -2.80. The second-order valence-electron chi connectivity index (χ2n) is 11.5. The Labute approximate surface area is 228 Å². The highest BCUT2D eigenvalue weighted by Gasteiger charge is 2.63. The quantitative estimate of drug-likeness (QED) is 0.284. The minimum absolute atomic E-state index is 0.0163. The van der Waals surface area contributed by atoms with Crippen LogP contribution in [-0.4, -0.2) is 81.3 Å². The topological polar surface area (TPSA) is 114 Å². The van der Waals surface area contributed by atoms with Crippen LogP contribution in [-0.2, 0) is 4.84 Å². The van der Waals surface area contributed by atoms with Crippen LogP contribution >= 0.6 is 15.9 Å². The number of aromatic hydroxyl groups is 1. The minimum Gasteiger partial charge on any atom is -0.494 e. The number of benzene rings is 2. The fraction of sp³-hybridized carbons (Fsp3) is 0.393. The zero-order chi connectivity index (χ0) is 26.8. The van der Waals surface area contributed by atoms with Gasteiger partial charge in [-0.15, -0.1) is 0 Å². The number of fused-ring (bicyclic) bond motifs is 2. The largest absolute Gasteiger partial charge is 0.494 e. The number of rotatable bonds is 5. The second-order valence-corrected chi connectivity index (χ2v) is 12.5. The van der Waals surface area contributed by atoms with E-state index in [1.54, 1.807) is 4.90 Å². The number of nitrogens with one attached hydrogen (secondary N) is 1. The molecule has 3 aliphatic heterocycles. The predicted molar refractivity (Wildman–Crippen MR) is 150 cm³/mol. The van der Waals surface area contributed by atoms with Crippen LogP contribution in [0.4, 0.5) is 10.5 Å². The molecule has 0 aliphatic carbocycles. The molecule has 38 heavy (non-hydrogen) atoms. The van der Waals surface area contributed by atoms with Crippen molar-refractivity contribution in [2.75, 3.05) is 32.8 Å². The third-order valence-electron chi connectivity index (χ3n) is 7.77. The number of carbonyl (C=O) groups is 1. The maximum absolute atomic E-state index is 11.6. The summed E-state index contributed by atoms with van der Waals surface area (Å²) in [5.74, 6) is 0.0348. The van der Waals surface area contributed by atoms with Gasteiger partial charge in [0.2, 0.25) is 0 Å². The fourth-order valence-corrected chi connectivity index (χ4v) is 6.94. The summed E-state index contributed by atoms with van der Waals surface area (Å²) in [6.07, 6.45) is -0.837. The Morgan fingerprint density at radius 3 is 2.74 bits per heavy atom. The van der Waals surface area contributed by atoms with E-state index in [9.17, 15) is 15.0 Å². The molecule has 0 saturated carbocycles. The van der Waals surface area contributed by atoms with Gasteiger partial charge in [-0.25, -0.2) is 9.79 Å². The molecule has 4 heterocycles. The van der Waals surface area contributed by atoms with Crippen LogP contribution in [0.3, 0.4) is 0 Å². The maximum atomic E-state index is 11.6. The number of H-pyrrole nitrogens is 1. The highest BCUT2D eigenvalue weighted by Crippen LogP contribution is 2.52. The van der Waals surface area contributed by atoms with Crippen molar-refractivity contribution in [2.45, 2.75) is 26.8 Å². The average molecular weight is 580 g/mol. The van der Waals surface area contributed by atoms with Crippen LogP contribution in [0.5, 0.6) is 5.88 Å². The summed E-state index contributed by atoms with van der Waals surface area (Å²) >= 11 is 3.52. The monoisotopic (exact) mass is 579 g/mol. The van der Waals surface area contributed by atoms with Gasteiger partial charge in [0, 0.05) is 58.6 Å². The van der Waals surface area contributed by atoms with E-state index in [0.29, 0.717) is 36.7 Å². The molecule has 1 atom stereocenters. The van der Waals surface area contributed by atoms with Gasteiger partial charge in [0.05, 0.1) is 11.3 Å². The molecular weight excluding hydrogens is 550 g/mol. The number of aliphatic imine (C=N–C) groups is 1. The number of halogens is 1. The van der Waals surface area contributed by atoms with Gasteiger partial charge in [0.25, 0.3) is 0 Å². The first-order valence-electron chi connectivity index (χ1n) is 12.7. The first-order valence-corrected chi connectivity index (χ1v) is 13.5. The Hall–Kier alpha value is -3.37. The van der Waals surface area contributed by atoms with Crippen molar-refractivity contribution in [3.63, 3.8) is 0 Å². The highest BCUT2D eigenvalue weighted by atomic mass is 79.9. The van der Waals surface area contributed by atoms with Crippen molar-refractivity contribution < 1.29 is 19.8 Å². The molecule has 9 nitrogen and oxygen atoms in total. The number of hydrogen-bond donors (Lipinski definition) is 3. The van der Waals surface area contributed by atoms with Crippen molar-refractivity contribution in [3.8, 4) is 5.88 Å². The van der Waals surface area contributed by atoms with Gasteiger partial charge in [-0.3, -0.25) is 4.90 Å². The van der Waals surface area contributed by atoms with Crippen molar-refractivity contribution in [3.05, 3.63) is 58.1 Å². The van der Waals surface area contributed by atoms with E-state index in [-0.39, 0.29) is 22.8 Å². The summed E-state index contributed by atoms with van der Waals surface area (Å²) in [6, 6.07) is 13.5. The number of likely N-dealkylation sites (tertiary alicyclic amines) is 2. The smallest absolute Gasteiger partial charge is 0.407 e. The van der Waals surface area contributed by atoms with Gasteiger partial charge >= 0.3 is 6.09 Å². The van der Waals surface area contributed by atoms with Gasteiger partial charge in [0.15, 0.2) is 5.88 Å². The van der Waals surface area contributed by atoms with Gasteiger partial charge in [-0.1, -0.05) is 60.1 Å². The molecule has 198 valence electrons. The van der Waals surface area contributed by atoms with Gasteiger partial charge in [-0.05, 0) is 29.7 Å². The van der Waals surface area contributed by atoms with Crippen LogP contribution in [0.15, 0.2) is 57.1 Å². The van der Waals surface area contributed by atoms with Crippen LogP contribution in [0.25, 0.3) is 10.9 Å². The first kappa shape index (κ1) is 24.9. The molecule has 0 radical (unpaired) electrons. The van der Waals surface area contributed by atoms with Crippen molar-refractivity contribution in [1.82, 2.24) is 14.8 Å².